The summed E-state index contributed by atoms with van der Waals surface area (Å²) < 4.78 is 16.9. The molecule has 0 radical (unpaired) electrons. The fourth-order valence-corrected chi connectivity index (χ4v) is 4.85. The molecule has 8 nitrogen and oxygen atoms in total. The van der Waals surface area contributed by atoms with E-state index in [4.69, 9.17) is 14.2 Å². The molecule has 0 aliphatic carbocycles. The fourth-order valence-electron chi connectivity index (χ4n) is 4.85. The molecule has 2 aliphatic heterocycles. The fraction of sp³-hybridized carbons (Fsp3) is 0.321. The molecule has 2 aromatic carbocycles. The van der Waals surface area contributed by atoms with E-state index in [-0.39, 0.29) is 18.0 Å². The summed E-state index contributed by atoms with van der Waals surface area (Å²) in [5.41, 5.74) is 2.55. The van der Waals surface area contributed by atoms with Crippen molar-refractivity contribution < 1.29 is 23.8 Å². The average Bonchev–Trinajstić information content (AvgIpc) is 3.18. The molecule has 1 aromatic heterocycles. The summed E-state index contributed by atoms with van der Waals surface area (Å²) in [6.45, 7) is 1.25. The van der Waals surface area contributed by atoms with E-state index in [2.05, 4.69) is 11.1 Å². The zero-order chi connectivity index (χ0) is 25.0. The lowest BCUT2D eigenvalue weighted by Gasteiger charge is -2.43. The lowest BCUT2D eigenvalue weighted by atomic mass is 9.88. The van der Waals surface area contributed by atoms with Gasteiger partial charge in [-0.15, -0.1) is 0 Å². The standard InChI is InChI=1S/C28H28N2O6/c31-25-23(9-5-14-29-25)18-30-15-13-21(17-28(30)35-26(32)27(33)36-28)12-11-20-8-4-10-24(16-20)34-19-22-6-2-1-3-7-22/h1-10,14,16,21H,11-13,15,17-19H2,(H,29,31). The molecular weight excluding hydrogens is 460 g/mol. The average molecular weight is 489 g/mol. The molecule has 1 spiro atoms. The van der Waals surface area contributed by atoms with E-state index >= 15 is 0 Å². The Labute approximate surface area is 208 Å². The van der Waals surface area contributed by atoms with Crippen LogP contribution in [0.25, 0.3) is 0 Å². The highest BCUT2D eigenvalue weighted by Gasteiger charge is 2.55. The van der Waals surface area contributed by atoms with Crippen molar-refractivity contribution in [2.45, 2.75) is 44.7 Å². The summed E-state index contributed by atoms with van der Waals surface area (Å²) in [7, 11) is 0. The summed E-state index contributed by atoms with van der Waals surface area (Å²) in [5.74, 6) is -2.48. The normalized spacial score (nSPS) is 19.2. The van der Waals surface area contributed by atoms with Crippen LogP contribution in [-0.4, -0.2) is 34.3 Å². The van der Waals surface area contributed by atoms with Crippen molar-refractivity contribution in [1.82, 2.24) is 9.88 Å². The Kier molecular flexibility index (Phi) is 6.86. The molecule has 1 N–H and O–H groups in total. The number of nitrogens with one attached hydrogen (secondary N) is 1. The molecule has 2 fully saturated rings. The van der Waals surface area contributed by atoms with Crippen molar-refractivity contribution in [2.75, 3.05) is 6.54 Å². The van der Waals surface area contributed by atoms with Crippen molar-refractivity contribution in [3.63, 3.8) is 0 Å². The second-order valence-electron chi connectivity index (χ2n) is 9.26. The highest BCUT2D eigenvalue weighted by molar-refractivity contribution is 6.31. The molecule has 1 atom stereocenters. The molecule has 0 saturated carbocycles. The molecule has 8 heteroatoms. The van der Waals surface area contributed by atoms with E-state index in [9.17, 15) is 14.4 Å². The summed E-state index contributed by atoms with van der Waals surface area (Å²) in [5, 5.41) is 0. The SMILES string of the molecule is O=C1OC2(CC(CCc3cccc(OCc4ccccc4)c3)CCN2Cc2ccc[nH]c2=O)OC1=O. The number of hydrogen-bond donors (Lipinski definition) is 1. The molecule has 0 amide bonds. The molecule has 0 bridgehead atoms. The van der Waals surface area contributed by atoms with E-state index in [0.29, 0.717) is 25.1 Å². The van der Waals surface area contributed by atoms with E-state index in [0.717, 1.165) is 36.1 Å². The minimum atomic E-state index is -1.47. The first-order valence-corrected chi connectivity index (χ1v) is 12.1. The van der Waals surface area contributed by atoms with Gasteiger partial charge in [0.2, 0.25) is 0 Å². The molecule has 2 saturated heterocycles. The molecule has 3 heterocycles. The number of benzene rings is 2. The summed E-state index contributed by atoms with van der Waals surface area (Å²) >= 11 is 0. The molecule has 2 aliphatic rings. The summed E-state index contributed by atoms with van der Waals surface area (Å²) in [6, 6.07) is 21.5. The number of carbonyl (C=O) groups is 2. The largest absolute Gasteiger partial charge is 0.489 e. The maximum absolute atomic E-state index is 12.2. The Bertz CT molecular complexity index is 1270. The van der Waals surface area contributed by atoms with Gasteiger partial charge in [-0.25, -0.2) is 14.5 Å². The van der Waals surface area contributed by atoms with Crippen LogP contribution in [0.1, 0.15) is 36.0 Å². The highest BCUT2D eigenvalue weighted by Crippen LogP contribution is 2.40. The zero-order valence-corrected chi connectivity index (χ0v) is 19.9. The van der Waals surface area contributed by atoms with E-state index in [1.165, 1.54) is 0 Å². The number of likely N-dealkylation sites (tertiary alicyclic amines) is 1. The number of aryl methyl sites for hydroxylation is 1. The van der Waals surface area contributed by atoms with Crippen LogP contribution in [0.5, 0.6) is 5.75 Å². The number of H-pyrrole nitrogens is 1. The van der Waals surface area contributed by atoms with E-state index < -0.39 is 17.8 Å². The summed E-state index contributed by atoms with van der Waals surface area (Å²) in [6.07, 6.45) is 4.39. The molecular formula is C28H28N2O6. The second kappa shape index (κ2) is 10.4. The number of nitrogens with zero attached hydrogens (tertiary/aromatic N) is 1. The second-order valence-corrected chi connectivity index (χ2v) is 9.26. The van der Waals surface area contributed by atoms with E-state index in [1.807, 2.05) is 48.5 Å². The minimum absolute atomic E-state index is 0.169. The first-order chi connectivity index (χ1) is 17.5. The number of rotatable bonds is 8. The third-order valence-electron chi connectivity index (χ3n) is 6.76. The lowest BCUT2D eigenvalue weighted by molar-refractivity contribution is -0.274. The number of carbonyl (C=O) groups excluding carboxylic acids is 2. The number of ether oxygens (including phenoxy) is 3. The maximum Gasteiger partial charge on any atom is 0.421 e. The predicted octanol–water partition coefficient (Wildman–Crippen LogP) is 3.55. The van der Waals surface area contributed by atoms with Gasteiger partial charge in [0.05, 0.1) is 0 Å². The molecule has 3 aromatic rings. The monoisotopic (exact) mass is 488 g/mol. The first kappa shape index (κ1) is 23.8. The van der Waals surface area contributed by atoms with Crippen LogP contribution >= 0.6 is 0 Å². The van der Waals surface area contributed by atoms with Crippen molar-refractivity contribution in [1.29, 1.82) is 0 Å². The topological polar surface area (TPSA) is 97.9 Å². The minimum Gasteiger partial charge on any atom is -0.489 e. The number of pyridine rings is 1. The van der Waals surface area contributed by atoms with Crippen molar-refractivity contribution in [3.05, 3.63) is 100.0 Å². The van der Waals surface area contributed by atoms with Gasteiger partial charge in [-0.05, 0) is 54.5 Å². The van der Waals surface area contributed by atoms with Gasteiger partial charge in [-0.2, -0.15) is 0 Å². The van der Waals surface area contributed by atoms with Crippen molar-refractivity contribution in [3.8, 4) is 5.75 Å². The van der Waals surface area contributed by atoms with Gasteiger partial charge in [0.1, 0.15) is 12.4 Å². The van der Waals surface area contributed by atoms with Gasteiger partial charge in [0.15, 0.2) is 0 Å². The van der Waals surface area contributed by atoms with Crippen LogP contribution in [-0.2, 0) is 38.6 Å². The van der Waals surface area contributed by atoms with Gasteiger partial charge in [0.25, 0.3) is 5.56 Å². The quantitative estimate of drug-likeness (QED) is 0.383. The van der Waals surface area contributed by atoms with Gasteiger partial charge in [-0.1, -0.05) is 48.5 Å². The van der Waals surface area contributed by atoms with Crippen LogP contribution in [0.2, 0.25) is 0 Å². The summed E-state index contributed by atoms with van der Waals surface area (Å²) in [4.78, 5) is 40.6. The Morgan fingerprint density at radius 2 is 1.72 bits per heavy atom. The van der Waals surface area contributed by atoms with Crippen LogP contribution in [0.3, 0.4) is 0 Å². The van der Waals surface area contributed by atoms with Crippen LogP contribution < -0.4 is 10.3 Å². The van der Waals surface area contributed by atoms with Crippen LogP contribution in [0.4, 0.5) is 0 Å². The van der Waals surface area contributed by atoms with Crippen LogP contribution in [0, 0.1) is 5.92 Å². The van der Waals surface area contributed by atoms with E-state index in [1.54, 1.807) is 23.2 Å². The van der Waals surface area contributed by atoms with Crippen LogP contribution in [0.15, 0.2) is 77.7 Å². The molecule has 1 unspecified atom stereocenters. The van der Waals surface area contributed by atoms with Crippen molar-refractivity contribution in [2.24, 2.45) is 5.92 Å². The lowest BCUT2D eigenvalue weighted by Crippen LogP contribution is -2.55. The van der Waals surface area contributed by atoms with Gasteiger partial charge >= 0.3 is 17.8 Å². The predicted molar refractivity (Wildman–Crippen MR) is 131 cm³/mol. The van der Waals surface area contributed by atoms with Gasteiger partial charge in [0, 0.05) is 31.3 Å². The maximum atomic E-state index is 12.2. The molecule has 186 valence electrons. The first-order valence-electron chi connectivity index (χ1n) is 12.1. The Morgan fingerprint density at radius 1 is 0.944 bits per heavy atom. The number of esters is 2. The number of piperidine rings is 1. The van der Waals surface area contributed by atoms with Crippen molar-refractivity contribution >= 4 is 11.9 Å². The number of aromatic nitrogens is 1. The van der Waals surface area contributed by atoms with Gasteiger partial charge in [-0.3, -0.25) is 4.79 Å². The molecule has 36 heavy (non-hydrogen) atoms. The Balaban J connectivity index is 1.23. The van der Waals surface area contributed by atoms with Gasteiger partial charge < -0.3 is 19.2 Å². The highest BCUT2D eigenvalue weighted by atomic mass is 16.8. The third-order valence-corrected chi connectivity index (χ3v) is 6.76. The Hall–Kier alpha value is -3.91. The number of hydrogen-bond acceptors (Lipinski definition) is 7. The molecule has 5 rings (SSSR count). The smallest absolute Gasteiger partial charge is 0.421 e. The Morgan fingerprint density at radius 3 is 2.50 bits per heavy atom. The third kappa shape index (κ3) is 5.33. The number of aromatic amines is 1. The zero-order valence-electron chi connectivity index (χ0n) is 19.9.